The van der Waals surface area contributed by atoms with E-state index in [-0.39, 0.29) is 22.5 Å². The Hall–Kier alpha value is -3.07. The SMILES string of the molecule is Cc1ccccc1NC(=O)N1CCC2(CC1)SCCN2C(=O)c1cccc([N+](=O)[O-])c1. The fraction of sp³-hybridized carbons (Fsp3) is 0.364. The molecule has 2 aliphatic rings. The number of nitrogens with zero attached hydrogens (tertiary/aromatic N) is 3. The molecule has 0 aliphatic carbocycles. The number of carbonyl (C=O) groups excluding carboxylic acids is 2. The number of nitrogens with one attached hydrogen (secondary N) is 1. The predicted octanol–water partition coefficient (Wildman–Crippen LogP) is 4.12. The smallest absolute Gasteiger partial charge is 0.321 e. The molecule has 31 heavy (non-hydrogen) atoms. The summed E-state index contributed by atoms with van der Waals surface area (Å²) in [5, 5.41) is 14.0. The molecule has 1 spiro atoms. The van der Waals surface area contributed by atoms with Crippen molar-refractivity contribution < 1.29 is 14.5 Å². The molecule has 0 aromatic heterocycles. The molecule has 0 radical (unpaired) electrons. The third-order valence-electron chi connectivity index (χ3n) is 5.95. The maximum Gasteiger partial charge on any atom is 0.321 e. The van der Waals surface area contributed by atoms with Crippen LogP contribution in [0.3, 0.4) is 0 Å². The van der Waals surface area contributed by atoms with E-state index in [1.807, 2.05) is 36.1 Å². The van der Waals surface area contributed by atoms with Gasteiger partial charge in [-0.15, -0.1) is 11.8 Å². The van der Waals surface area contributed by atoms with Gasteiger partial charge >= 0.3 is 6.03 Å². The van der Waals surface area contributed by atoms with E-state index in [0.717, 1.165) is 17.0 Å². The minimum atomic E-state index is -0.489. The highest BCUT2D eigenvalue weighted by atomic mass is 32.2. The number of rotatable bonds is 3. The second-order valence-corrected chi connectivity index (χ2v) is 9.25. The van der Waals surface area contributed by atoms with Crippen molar-refractivity contribution in [2.45, 2.75) is 24.6 Å². The van der Waals surface area contributed by atoms with Gasteiger partial charge in [0.25, 0.3) is 11.6 Å². The van der Waals surface area contributed by atoms with Crippen LogP contribution in [0.1, 0.15) is 28.8 Å². The molecule has 2 heterocycles. The van der Waals surface area contributed by atoms with Gasteiger partial charge in [0, 0.05) is 48.8 Å². The minimum absolute atomic E-state index is 0.0885. The van der Waals surface area contributed by atoms with E-state index in [0.29, 0.717) is 38.0 Å². The molecular formula is C22H24N4O4S. The van der Waals surface area contributed by atoms with Crippen LogP contribution in [0.25, 0.3) is 0 Å². The van der Waals surface area contributed by atoms with Gasteiger partial charge in [-0.1, -0.05) is 24.3 Å². The molecule has 0 unspecified atom stereocenters. The molecule has 9 heteroatoms. The van der Waals surface area contributed by atoms with Gasteiger partial charge in [0.05, 0.1) is 9.79 Å². The molecule has 0 bridgehead atoms. The van der Waals surface area contributed by atoms with Gasteiger partial charge in [-0.25, -0.2) is 4.79 Å². The van der Waals surface area contributed by atoms with E-state index >= 15 is 0 Å². The van der Waals surface area contributed by atoms with Crippen molar-refractivity contribution in [1.29, 1.82) is 0 Å². The monoisotopic (exact) mass is 440 g/mol. The zero-order valence-corrected chi connectivity index (χ0v) is 18.1. The van der Waals surface area contributed by atoms with Gasteiger partial charge in [-0.05, 0) is 37.5 Å². The number of hydrogen-bond donors (Lipinski definition) is 1. The minimum Gasteiger partial charge on any atom is -0.324 e. The quantitative estimate of drug-likeness (QED) is 0.572. The van der Waals surface area contributed by atoms with Gasteiger partial charge in [0.2, 0.25) is 0 Å². The lowest BCUT2D eigenvalue weighted by Gasteiger charge is -2.44. The highest BCUT2D eigenvalue weighted by molar-refractivity contribution is 8.00. The number of thioether (sulfide) groups is 1. The number of anilines is 1. The summed E-state index contributed by atoms with van der Waals surface area (Å²) in [5.41, 5.74) is 2.04. The number of nitro groups is 1. The van der Waals surface area contributed by atoms with Crippen molar-refractivity contribution in [1.82, 2.24) is 9.80 Å². The number of likely N-dealkylation sites (tertiary alicyclic amines) is 1. The first-order valence-corrected chi connectivity index (χ1v) is 11.2. The molecule has 2 aromatic rings. The van der Waals surface area contributed by atoms with Gasteiger partial charge in [-0.3, -0.25) is 14.9 Å². The van der Waals surface area contributed by atoms with Gasteiger partial charge in [0.1, 0.15) is 0 Å². The number of piperidine rings is 1. The summed E-state index contributed by atoms with van der Waals surface area (Å²) in [6, 6.07) is 13.4. The number of non-ortho nitro benzene ring substituents is 1. The van der Waals surface area contributed by atoms with E-state index in [4.69, 9.17) is 0 Å². The molecule has 0 saturated carbocycles. The van der Waals surface area contributed by atoms with Crippen molar-refractivity contribution >= 4 is 35.1 Å². The lowest BCUT2D eigenvalue weighted by Crippen LogP contribution is -2.54. The number of carbonyl (C=O) groups is 2. The number of urea groups is 1. The summed E-state index contributed by atoms with van der Waals surface area (Å²) >= 11 is 1.74. The summed E-state index contributed by atoms with van der Waals surface area (Å²) in [5.74, 6) is 0.627. The fourth-order valence-electron chi connectivity index (χ4n) is 4.18. The zero-order valence-electron chi connectivity index (χ0n) is 17.2. The molecule has 0 atom stereocenters. The van der Waals surface area contributed by atoms with Crippen molar-refractivity contribution in [3.8, 4) is 0 Å². The largest absolute Gasteiger partial charge is 0.324 e. The standard InChI is InChI=1S/C22H24N4O4S/c1-16-5-2-3-8-19(16)23-21(28)24-11-9-22(10-12-24)25(13-14-31-22)20(27)17-6-4-7-18(15-17)26(29)30/h2-8,15H,9-14H2,1H3,(H,23,28). The number of aryl methyl sites for hydroxylation is 1. The number of nitro benzene ring substituents is 1. The average Bonchev–Trinajstić information content (AvgIpc) is 3.18. The normalized spacial score (nSPS) is 17.6. The number of benzene rings is 2. The number of para-hydroxylation sites is 1. The Morgan fingerprint density at radius 1 is 1.10 bits per heavy atom. The van der Waals surface area contributed by atoms with Crippen LogP contribution in [0.2, 0.25) is 0 Å². The first-order valence-electron chi connectivity index (χ1n) is 10.2. The molecule has 8 nitrogen and oxygen atoms in total. The molecule has 2 aliphatic heterocycles. The first-order chi connectivity index (χ1) is 14.9. The molecule has 162 valence electrons. The lowest BCUT2D eigenvalue weighted by atomic mass is 10.0. The third-order valence-corrected chi connectivity index (χ3v) is 7.50. The Kier molecular flexibility index (Phi) is 5.86. The highest BCUT2D eigenvalue weighted by Gasteiger charge is 2.47. The Labute approximate surface area is 184 Å². The van der Waals surface area contributed by atoms with Crippen molar-refractivity contribution in [2.75, 3.05) is 30.7 Å². The first kappa shape index (κ1) is 21.2. The van der Waals surface area contributed by atoms with Crippen LogP contribution in [0, 0.1) is 17.0 Å². The zero-order chi connectivity index (χ0) is 22.0. The van der Waals surface area contributed by atoms with Gasteiger partial charge in [-0.2, -0.15) is 0 Å². The fourth-order valence-corrected chi connectivity index (χ4v) is 5.64. The second-order valence-electron chi connectivity index (χ2n) is 7.79. The van der Waals surface area contributed by atoms with Crippen molar-refractivity contribution in [2.24, 2.45) is 0 Å². The molecule has 2 saturated heterocycles. The summed E-state index contributed by atoms with van der Waals surface area (Å²) < 4.78 is 0. The maximum atomic E-state index is 13.2. The molecule has 4 rings (SSSR count). The summed E-state index contributed by atoms with van der Waals surface area (Å²) in [4.78, 5) is 39.8. The Bertz CT molecular complexity index is 1020. The molecule has 2 aromatic carbocycles. The summed E-state index contributed by atoms with van der Waals surface area (Å²) in [7, 11) is 0. The van der Waals surface area contributed by atoms with E-state index in [2.05, 4.69) is 5.32 Å². The summed E-state index contributed by atoms with van der Waals surface area (Å²) in [6.07, 6.45) is 1.33. The van der Waals surface area contributed by atoms with Gasteiger partial charge in [0.15, 0.2) is 0 Å². The Balaban J connectivity index is 1.44. The van der Waals surface area contributed by atoms with Crippen LogP contribution in [-0.2, 0) is 0 Å². The number of hydrogen-bond acceptors (Lipinski definition) is 5. The maximum absolute atomic E-state index is 13.2. The van der Waals surface area contributed by atoms with Crippen LogP contribution in [-0.4, -0.2) is 56.9 Å². The Morgan fingerprint density at radius 3 is 2.55 bits per heavy atom. The molecular weight excluding hydrogens is 416 g/mol. The Morgan fingerprint density at radius 2 is 1.84 bits per heavy atom. The second kappa shape index (κ2) is 8.58. The van der Waals surface area contributed by atoms with E-state index < -0.39 is 4.92 Å². The summed E-state index contributed by atoms with van der Waals surface area (Å²) in [6.45, 7) is 3.64. The highest BCUT2D eigenvalue weighted by Crippen LogP contribution is 2.44. The van der Waals surface area contributed by atoms with E-state index in [1.165, 1.54) is 12.1 Å². The van der Waals surface area contributed by atoms with Gasteiger partial charge < -0.3 is 15.1 Å². The number of amides is 3. The van der Waals surface area contributed by atoms with Crippen molar-refractivity contribution in [3.63, 3.8) is 0 Å². The van der Waals surface area contributed by atoms with Crippen LogP contribution in [0.15, 0.2) is 48.5 Å². The van der Waals surface area contributed by atoms with E-state index in [9.17, 15) is 19.7 Å². The average molecular weight is 441 g/mol. The molecule has 1 N–H and O–H groups in total. The predicted molar refractivity (Wildman–Crippen MR) is 120 cm³/mol. The topological polar surface area (TPSA) is 95.8 Å². The van der Waals surface area contributed by atoms with E-state index in [1.54, 1.807) is 28.8 Å². The van der Waals surface area contributed by atoms with Crippen LogP contribution in [0.4, 0.5) is 16.2 Å². The lowest BCUT2D eigenvalue weighted by molar-refractivity contribution is -0.384. The van der Waals surface area contributed by atoms with Crippen LogP contribution < -0.4 is 5.32 Å². The van der Waals surface area contributed by atoms with Crippen molar-refractivity contribution in [3.05, 3.63) is 69.8 Å². The molecule has 2 fully saturated rings. The third kappa shape index (κ3) is 4.23. The van der Waals surface area contributed by atoms with Crippen LogP contribution in [0.5, 0.6) is 0 Å². The van der Waals surface area contributed by atoms with Crippen LogP contribution >= 0.6 is 11.8 Å². The molecule has 3 amide bonds.